The van der Waals surface area contributed by atoms with Gasteiger partial charge >= 0.3 is 5.97 Å². The van der Waals surface area contributed by atoms with Gasteiger partial charge in [-0.25, -0.2) is 0 Å². The van der Waals surface area contributed by atoms with Crippen LogP contribution in [0, 0.1) is 0 Å². The first-order valence-corrected chi connectivity index (χ1v) is 8.66. The molecule has 25 heavy (non-hydrogen) atoms. The number of rotatable bonds is 8. The number of benzene rings is 2. The van der Waals surface area contributed by atoms with Crippen LogP contribution in [0.5, 0.6) is 0 Å². The van der Waals surface area contributed by atoms with E-state index >= 15 is 0 Å². The lowest BCUT2D eigenvalue weighted by atomic mass is 9.96. The van der Waals surface area contributed by atoms with E-state index in [1.165, 1.54) is 0 Å². The topological polar surface area (TPSA) is 46.6 Å². The highest BCUT2D eigenvalue weighted by Crippen LogP contribution is 2.29. The first-order valence-electron chi connectivity index (χ1n) is 8.66. The van der Waals surface area contributed by atoms with Crippen molar-refractivity contribution >= 4 is 11.9 Å². The van der Waals surface area contributed by atoms with Gasteiger partial charge in [-0.3, -0.25) is 9.59 Å². The maximum Gasteiger partial charge on any atom is 0.305 e. The Balaban J connectivity index is 2.23. The smallest absolute Gasteiger partial charge is 0.305 e. The summed E-state index contributed by atoms with van der Waals surface area (Å²) in [6.07, 6.45) is 0.891. The van der Waals surface area contributed by atoms with Gasteiger partial charge in [0.1, 0.15) is 0 Å². The zero-order chi connectivity index (χ0) is 18.1. The predicted molar refractivity (Wildman–Crippen MR) is 98.0 cm³/mol. The second-order valence-corrected chi connectivity index (χ2v) is 5.84. The van der Waals surface area contributed by atoms with E-state index in [0.29, 0.717) is 26.0 Å². The lowest BCUT2D eigenvalue weighted by molar-refractivity contribution is -0.143. The molecule has 0 unspecified atom stereocenters. The maximum atomic E-state index is 12.3. The van der Waals surface area contributed by atoms with Crippen LogP contribution in [0.1, 0.15) is 43.9 Å². The molecule has 0 bridgehead atoms. The van der Waals surface area contributed by atoms with Crippen LogP contribution in [0.15, 0.2) is 60.7 Å². The van der Waals surface area contributed by atoms with Crippen LogP contribution in [0.3, 0.4) is 0 Å². The number of ether oxygens (including phenoxy) is 1. The summed E-state index contributed by atoms with van der Waals surface area (Å²) in [5.74, 6) is -0.233. The minimum atomic E-state index is -0.220. The molecule has 4 nitrogen and oxygen atoms in total. The standard InChI is InChI=1S/C21H25NO3/c1-3-25-20(24)15-10-16-22(17(2)23)21(18-11-6-4-7-12-18)19-13-8-5-9-14-19/h4-9,11-14,21H,3,10,15-16H2,1-2H3. The number of amides is 1. The normalized spacial score (nSPS) is 10.5. The number of hydrogen-bond acceptors (Lipinski definition) is 3. The molecule has 0 aliphatic heterocycles. The van der Waals surface area contributed by atoms with Crippen LogP contribution in [-0.4, -0.2) is 29.9 Å². The quantitative estimate of drug-likeness (QED) is 0.684. The molecule has 0 fully saturated rings. The molecule has 0 N–H and O–H groups in total. The lowest BCUT2D eigenvalue weighted by Crippen LogP contribution is -2.35. The van der Waals surface area contributed by atoms with Crippen molar-refractivity contribution in [3.05, 3.63) is 71.8 Å². The van der Waals surface area contributed by atoms with Crippen LogP contribution in [0.25, 0.3) is 0 Å². The molecule has 0 saturated carbocycles. The summed E-state index contributed by atoms with van der Waals surface area (Å²) in [6, 6.07) is 19.8. The van der Waals surface area contributed by atoms with E-state index in [1.54, 1.807) is 13.8 Å². The first-order chi connectivity index (χ1) is 12.1. The number of hydrogen-bond donors (Lipinski definition) is 0. The molecule has 2 rings (SSSR count). The summed E-state index contributed by atoms with van der Waals surface area (Å²) in [7, 11) is 0. The minimum absolute atomic E-state index is 0.0124. The second kappa shape index (κ2) is 9.62. The highest BCUT2D eigenvalue weighted by atomic mass is 16.5. The van der Waals surface area contributed by atoms with Gasteiger partial charge in [-0.05, 0) is 24.5 Å². The van der Waals surface area contributed by atoms with E-state index < -0.39 is 0 Å². The maximum absolute atomic E-state index is 12.3. The van der Waals surface area contributed by atoms with E-state index in [4.69, 9.17) is 4.74 Å². The largest absolute Gasteiger partial charge is 0.466 e. The third-order valence-electron chi connectivity index (χ3n) is 4.03. The van der Waals surface area contributed by atoms with Crippen molar-refractivity contribution in [1.29, 1.82) is 0 Å². The van der Waals surface area contributed by atoms with Crippen LogP contribution < -0.4 is 0 Å². The molecule has 4 heteroatoms. The Labute approximate surface area is 149 Å². The second-order valence-electron chi connectivity index (χ2n) is 5.84. The zero-order valence-electron chi connectivity index (χ0n) is 14.9. The number of nitrogens with zero attached hydrogens (tertiary/aromatic N) is 1. The fraction of sp³-hybridized carbons (Fsp3) is 0.333. The van der Waals surface area contributed by atoms with Crippen molar-refractivity contribution in [1.82, 2.24) is 4.90 Å². The van der Waals surface area contributed by atoms with Crippen molar-refractivity contribution in [3.63, 3.8) is 0 Å². The molecule has 0 aliphatic rings. The van der Waals surface area contributed by atoms with Gasteiger partial charge in [0.25, 0.3) is 0 Å². The Morgan fingerprint density at radius 1 is 0.960 bits per heavy atom. The Kier molecular flexibility index (Phi) is 7.20. The number of carbonyl (C=O) groups is 2. The predicted octanol–water partition coefficient (Wildman–Crippen LogP) is 3.97. The van der Waals surface area contributed by atoms with Gasteiger partial charge in [0, 0.05) is 19.9 Å². The van der Waals surface area contributed by atoms with Gasteiger partial charge in [0.15, 0.2) is 0 Å². The van der Waals surface area contributed by atoms with E-state index in [9.17, 15) is 9.59 Å². The van der Waals surface area contributed by atoms with Crippen LogP contribution in [0.2, 0.25) is 0 Å². The van der Waals surface area contributed by atoms with Crippen molar-refractivity contribution in [2.24, 2.45) is 0 Å². The Bertz CT molecular complexity index is 631. The molecule has 0 aliphatic carbocycles. The average molecular weight is 339 g/mol. The van der Waals surface area contributed by atoms with Crippen LogP contribution >= 0.6 is 0 Å². The van der Waals surface area contributed by atoms with Gasteiger partial charge in [-0.15, -0.1) is 0 Å². The molecule has 132 valence electrons. The van der Waals surface area contributed by atoms with Crippen molar-refractivity contribution < 1.29 is 14.3 Å². The highest BCUT2D eigenvalue weighted by molar-refractivity contribution is 5.74. The lowest BCUT2D eigenvalue weighted by Gasteiger charge is -2.32. The Hall–Kier alpha value is -2.62. The molecule has 2 aromatic rings. The van der Waals surface area contributed by atoms with Crippen molar-refractivity contribution in [2.45, 2.75) is 32.7 Å². The fourth-order valence-electron chi connectivity index (χ4n) is 2.92. The summed E-state index contributed by atoms with van der Waals surface area (Å²) in [5, 5.41) is 0. The van der Waals surface area contributed by atoms with Crippen molar-refractivity contribution in [3.8, 4) is 0 Å². The van der Waals surface area contributed by atoms with E-state index in [0.717, 1.165) is 11.1 Å². The highest BCUT2D eigenvalue weighted by Gasteiger charge is 2.24. The molecule has 0 aromatic heterocycles. The first kappa shape index (κ1) is 18.7. The summed E-state index contributed by atoms with van der Waals surface area (Å²) >= 11 is 0. The molecule has 0 atom stereocenters. The Morgan fingerprint density at radius 2 is 1.48 bits per heavy atom. The van der Waals surface area contributed by atoms with Crippen molar-refractivity contribution in [2.75, 3.05) is 13.2 Å². The molecule has 0 radical (unpaired) electrons. The van der Waals surface area contributed by atoms with E-state index in [1.807, 2.05) is 65.6 Å². The van der Waals surface area contributed by atoms with Gasteiger partial charge in [-0.1, -0.05) is 60.7 Å². The third-order valence-corrected chi connectivity index (χ3v) is 4.03. The minimum Gasteiger partial charge on any atom is -0.466 e. The summed E-state index contributed by atoms with van der Waals surface area (Å²) in [6.45, 7) is 4.25. The molecule has 0 spiro atoms. The molecular formula is C21H25NO3. The number of carbonyl (C=O) groups excluding carboxylic acids is 2. The van der Waals surface area contributed by atoms with Gasteiger partial charge in [0.05, 0.1) is 12.6 Å². The van der Waals surface area contributed by atoms with E-state index in [2.05, 4.69) is 0 Å². The summed E-state index contributed by atoms with van der Waals surface area (Å²) in [4.78, 5) is 25.7. The fourth-order valence-corrected chi connectivity index (χ4v) is 2.92. The van der Waals surface area contributed by atoms with Gasteiger partial charge < -0.3 is 9.64 Å². The molecule has 1 amide bonds. The SMILES string of the molecule is CCOC(=O)CCCN(C(C)=O)C(c1ccccc1)c1ccccc1. The van der Waals surface area contributed by atoms with Crippen LogP contribution in [0.4, 0.5) is 0 Å². The van der Waals surface area contributed by atoms with E-state index in [-0.39, 0.29) is 17.9 Å². The molecule has 2 aromatic carbocycles. The Morgan fingerprint density at radius 3 is 1.92 bits per heavy atom. The number of esters is 1. The molecule has 0 saturated heterocycles. The molecule has 0 heterocycles. The summed E-state index contributed by atoms with van der Waals surface area (Å²) in [5.41, 5.74) is 2.11. The summed E-state index contributed by atoms with van der Waals surface area (Å²) < 4.78 is 4.97. The van der Waals surface area contributed by atoms with Gasteiger partial charge in [-0.2, -0.15) is 0 Å². The van der Waals surface area contributed by atoms with Gasteiger partial charge in [0.2, 0.25) is 5.91 Å². The average Bonchev–Trinajstić information content (AvgIpc) is 2.62. The zero-order valence-corrected chi connectivity index (χ0v) is 14.9. The monoisotopic (exact) mass is 339 g/mol. The molecular weight excluding hydrogens is 314 g/mol. The third kappa shape index (κ3) is 5.45. The van der Waals surface area contributed by atoms with Crippen LogP contribution in [-0.2, 0) is 14.3 Å².